The summed E-state index contributed by atoms with van der Waals surface area (Å²) in [5, 5.41) is 2.94. The lowest BCUT2D eigenvalue weighted by atomic mass is 10.1. The number of rotatable bonds is 7. The average Bonchev–Trinajstić information content (AvgIpc) is 2.60. The zero-order valence-electron chi connectivity index (χ0n) is 16.9. The molecule has 2 aromatic carbocycles. The summed E-state index contributed by atoms with van der Waals surface area (Å²) in [4.78, 5) is 27.3. The molecule has 0 aliphatic heterocycles. The van der Waals surface area contributed by atoms with Crippen LogP contribution in [0, 0.1) is 20.8 Å². The molecule has 2 aromatic rings. The number of quaternary nitrogens is 1. The molecule has 2 rings (SSSR count). The smallest absolute Gasteiger partial charge is 0.279 e. The molecule has 1 atom stereocenters. The quantitative estimate of drug-likeness (QED) is 0.782. The highest BCUT2D eigenvalue weighted by molar-refractivity contribution is 5.92. The van der Waals surface area contributed by atoms with Gasteiger partial charge in [-0.15, -0.1) is 0 Å². The molecular weight excluding hydrogens is 338 g/mol. The van der Waals surface area contributed by atoms with Gasteiger partial charge in [0.25, 0.3) is 11.8 Å². The third-order valence-electron chi connectivity index (χ3n) is 4.76. The molecule has 2 amide bonds. The molecule has 0 saturated heterocycles. The Hall–Kier alpha value is -2.66. The molecule has 2 N–H and O–H groups in total. The molecule has 0 aliphatic carbocycles. The summed E-state index contributed by atoms with van der Waals surface area (Å²) in [6.07, 6.45) is 0. The van der Waals surface area contributed by atoms with Gasteiger partial charge in [0.1, 0.15) is 0 Å². The molecule has 0 aliphatic rings. The SMILES string of the molecule is Cc1ccc(CN(C)C(=O)C[NH+](C)CC(=O)Nc2cccc(C)c2C)cc1. The Morgan fingerprint density at radius 1 is 1.00 bits per heavy atom. The molecule has 0 bridgehead atoms. The summed E-state index contributed by atoms with van der Waals surface area (Å²) in [5.74, 6) is -0.0669. The van der Waals surface area contributed by atoms with Gasteiger partial charge in [0.05, 0.1) is 7.05 Å². The third kappa shape index (κ3) is 6.22. The van der Waals surface area contributed by atoms with Crippen molar-refractivity contribution in [3.8, 4) is 0 Å². The van der Waals surface area contributed by atoms with Crippen molar-refractivity contribution in [2.45, 2.75) is 27.3 Å². The van der Waals surface area contributed by atoms with Crippen molar-refractivity contribution in [1.82, 2.24) is 4.90 Å². The van der Waals surface area contributed by atoms with Crippen LogP contribution in [0.25, 0.3) is 0 Å². The van der Waals surface area contributed by atoms with Gasteiger partial charge in [0.2, 0.25) is 0 Å². The summed E-state index contributed by atoms with van der Waals surface area (Å²) in [5.41, 5.74) is 5.34. The average molecular weight is 369 g/mol. The van der Waals surface area contributed by atoms with E-state index in [1.54, 1.807) is 11.9 Å². The van der Waals surface area contributed by atoms with E-state index in [0.717, 1.165) is 27.3 Å². The highest BCUT2D eigenvalue weighted by Gasteiger charge is 2.18. The fraction of sp³-hybridized carbons (Fsp3) is 0.364. The molecule has 144 valence electrons. The Morgan fingerprint density at radius 3 is 2.33 bits per heavy atom. The van der Waals surface area contributed by atoms with Crippen LogP contribution in [-0.2, 0) is 16.1 Å². The first-order chi connectivity index (χ1) is 12.8. The molecule has 27 heavy (non-hydrogen) atoms. The lowest BCUT2D eigenvalue weighted by Gasteiger charge is -2.20. The number of carbonyl (C=O) groups excluding carboxylic acids is 2. The second-order valence-electron chi connectivity index (χ2n) is 7.34. The largest absolute Gasteiger partial charge is 0.337 e. The lowest BCUT2D eigenvalue weighted by molar-refractivity contribution is -0.862. The summed E-state index contributed by atoms with van der Waals surface area (Å²) < 4.78 is 0. The van der Waals surface area contributed by atoms with Gasteiger partial charge in [-0.3, -0.25) is 9.59 Å². The minimum absolute atomic E-state index is 0.0209. The van der Waals surface area contributed by atoms with E-state index in [2.05, 4.69) is 5.32 Å². The Morgan fingerprint density at radius 2 is 1.67 bits per heavy atom. The number of carbonyl (C=O) groups is 2. The molecule has 5 nitrogen and oxygen atoms in total. The number of nitrogens with one attached hydrogen (secondary N) is 2. The van der Waals surface area contributed by atoms with Crippen molar-refractivity contribution in [1.29, 1.82) is 0 Å². The third-order valence-corrected chi connectivity index (χ3v) is 4.76. The van der Waals surface area contributed by atoms with E-state index in [0.29, 0.717) is 6.54 Å². The van der Waals surface area contributed by atoms with Crippen LogP contribution in [0.5, 0.6) is 0 Å². The number of amides is 2. The van der Waals surface area contributed by atoms with Crippen LogP contribution in [0.4, 0.5) is 5.69 Å². The fourth-order valence-corrected chi connectivity index (χ4v) is 2.87. The Kier molecular flexibility index (Phi) is 7.13. The van der Waals surface area contributed by atoms with Crippen molar-refractivity contribution >= 4 is 17.5 Å². The number of hydrogen-bond donors (Lipinski definition) is 2. The standard InChI is InChI=1S/C22H29N3O2/c1-16-9-11-19(12-10-16)13-25(5)22(27)15-24(4)14-21(26)23-20-8-6-7-17(2)18(20)3/h6-12H,13-15H2,1-5H3,(H,23,26)/p+1. The van der Waals surface area contributed by atoms with Gasteiger partial charge < -0.3 is 15.1 Å². The van der Waals surface area contributed by atoms with Crippen LogP contribution in [0.1, 0.15) is 22.3 Å². The molecule has 1 unspecified atom stereocenters. The van der Waals surface area contributed by atoms with Crippen molar-refractivity contribution in [2.75, 3.05) is 32.5 Å². The van der Waals surface area contributed by atoms with Gasteiger partial charge >= 0.3 is 0 Å². The van der Waals surface area contributed by atoms with Crippen molar-refractivity contribution in [3.63, 3.8) is 0 Å². The van der Waals surface area contributed by atoms with E-state index in [4.69, 9.17) is 0 Å². The van der Waals surface area contributed by atoms with Gasteiger partial charge in [0, 0.05) is 19.3 Å². The summed E-state index contributed by atoms with van der Waals surface area (Å²) >= 11 is 0. The van der Waals surface area contributed by atoms with Gasteiger partial charge in [0.15, 0.2) is 13.1 Å². The van der Waals surface area contributed by atoms with Gasteiger partial charge in [-0.25, -0.2) is 0 Å². The first-order valence-corrected chi connectivity index (χ1v) is 9.23. The van der Waals surface area contributed by atoms with Gasteiger partial charge in [-0.05, 0) is 43.5 Å². The maximum Gasteiger partial charge on any atom is 0.279 e. The molecule has 5 heteroatoms. The Balaban J connectivity index is 1.83. The number of aryl methyl sites for hydroxylation is 2. The topological polar surface area (TPSA) is 53.9 Å². The van der Waals surface area contributed by atoms with Crippen LogP contribution in [0.3, 0.4) is 0 Å². The van der Waals surface area contributed by atoms with Crippen molar-refractivity contribution in [3.05, 3.63) is 64.7 Å². The van der Waals surface area contributed by atoms with Crippen LogP contribution in [0.2, 0.25) is 0 Å². The predicted octanol–water partition coefficient (Wildman–Crippen LogP) is 1.72. The second kappa shape index (κ2) is 9.33. The molecule has 0 saturated carbocycles. The maximum absolute atomic E-state index is 12.4. The van der Waals surface area contributed by atoms with E-state index in [9.17, 15) is 9.59 Å². The van der Waals surface area contributed by atoms with Crippen LogP contribution in [-0.4, -0.2) is 43.9 Å². The normalized spacial score (nSPS) is 11.7. The number of hydrogen-bond acceptors (Lipinski definition) is 2. The molecule has 0 heterocycles. The van der Waals surface area contributed by atoms with E-state index < -0.39 is 0 Å². The Bertz CT molecular complexity index is 800. The van der Waals surface area contributed by atoms with Crippen LogP contribution >= 0.6 is 0 Å². The zero-order chi connectivity index (χ0) is 20.0. The highest BCUT2D eigenvalue weighted by Crippen LogP contribution is 2.17. The molecule has 0 radical (unpaired) electrons. The maximum atomic E-state index is 12.4. The van der Waals surface area contributed by atoms with Crippen LogP contribution in [0.15, 0.2) is 42.5 Å². The second-order valence-corrected chi connectivity index (χ2v) is 7.34. The molecular formula is C22H30N3O2+. The zero-order valence-corrected chi connectivity index (χ0v) is 16.9. The first-order valence-electron chi connectivity index (χ1n) is 9.23. The van der Waals surface area contributed by atoms with E-state index in [-0.39, 0.29) is 24.9 Å². The molecule has 0 fully saturated rings. The molecule has 0 aromatic heterocycles. The summed E-state index contributed by atoms with van der Waals surface area (Å²) in [6, 6.07) is 14.0. The number of likely N-dealkylation sites (N-methyl/N-ethyl adjacent to an activating group) is 2. The van der Waals surface area contributed by atoms with Crippen molar-refractivity contribution < 1.29 is 14.5 Å². The minimum Gasteiger partial charge on any atom is -0.337 e. The first kappa shape index (κ1) is 20.6. The van der Waals surface area contributed by atoms with E-state index in [1.807, 2.05) is 70.3 Å². The minimum atomic E-state index is -0.0878. The van der Waals surface area contributed by atoms with E-state index in [1.165, 1.54) is 5.56 Å². The molecule has 0 spiro atoms. The highest BCUT2D eigenvalue weighted by atomic mass is 16.2. The monoisotopic (exact) mass is 368 g/mol. The number of nitrogens with zero attached hydrogens (tertiary/aromatic N) is 1. The predicted molar refractivity (Wildman–Crippen MR) is 109 cm³/mol. The van der Waals surface area contributed by atoms with Crippen molar-refractivity contribution in [2.24, 2.45) is 0 Å². The fourth-order valence-electron chi connectivity index (χ4n) is 2.87. The summed E-state index contributed by atoms with van der Waals surface area (Å²) in [6.45, 7) is 7.15. The summed E-state index contributed by atoms with van der Waals surface area (Å²) in [7, 11) is 3.66. The van der Waals surface area contributed by atoms with Gasteiger partial charge in [-0.1, -0.05) is 42.0 Å². The van der Waals surface area contributed by atoms with E-state index >= 15 is 0 Å². The Labute approximate surface area is 162 Å². The number of anilines is 1. The lowest BCUT2D eigenvalue weighted by Crippen LogP contribution is -3.11. The number of benzene rings is 2. The van der Waals surface area contributed by atoms with Crippen LogP contribution < -0.4 is 10.2 Å². The van der Waals surface area contributed by atoms with Gasteiger partial charge in [-0.2, -0.15) is 0 Å².